The van der Waals surface area contributed by atoms with Crippen LogP contribution < -0.4 is 5.32 Å². The van der Waals surface area contributed by atoms with E-state index in [1.165, 1.54) is 16.0 Å². The van der Waals surface area contributed by atoms with Crippen LogP contribution in [0.15, 0.2) is 42.0 Å². The molecule has 1 unspecified atom stereocenters. The normalized spacial score (nSPS) is 12.7. The monoisotopic (exact) mass is 297 g/mol. The van der Waals surface area contributed by atoms with Gasteiger partial charge in [0.25, 0.3) is 0 Å². The SMILES string of the molecule is CCCNC(c1sccc1C)c1cccc2nccnc12. The average molecular weight is 297 g/mol. The fraction of sp³-hybridized carbons (Fsp3) is 0.294. The summed E-state index contributed by atoms with van der Waals surface area (Å²) in [5.74, 6) is 0. The van der Waals surface area contributed by atoms with Crippen LogP contribution in [0.2, 0.25) is 0 Å². The van der Waals surface area contributed by atoms with Crippen LogP contribution >= 0.6 is 11.3 Å². The van der Waals surface area contributed by atoms with E-state index in [0.717, 1.165) is 24.0 Å². The van der Waals surface area contributed by atoms with E-state index in [2.05, 4.69) is 52.7 Å². The molecule has 3 aromatic rings. The Morgan fingerprint density at radius 2 is 2.05 bits per heavy atom. The first kappa shape index (κ1) is 14.2. The van der Waals surface area contributed by atoms with Crippen LogP contribution in [0, 0.1) is 6.92 Å². The molecule has 21 heavy (non-hydrogen) atoms. The molecule has 0 bridgehead atoms. The van der Waals surface area contributed by atoms with Crippen molar-refractivity contribution in [2.24, 2.45) is 0 Å². The average Bonchev–Trinajstić information content (AvgIpc) is 2.94. The van der Waals surface area contributed by atoms with Gasteiger partial charge in [0.15, 0.2) is 0 Å². The lowest BCUT2D eigenvalue weighted by atomic mass is 10.0. The lowest BCUT2D eigenvalue weighted by Gasteiger charge is -2.20. The van der Waals surface area contributed by atoms with E-state index in [1.54, 1.807) is 23.7 Å². The van der Waals surface area contributed by atoms with Crippen LogP contribution in [0.5, 0.6) is 0 Å². The molecule has 0 saturated carbocycles. The van der Waals surface area contributed by atoms with Crippen molar-refractivity contribution in [3.05, 3.63) is 58.0 Å². The Bertz CT molecular complexity index is 730. The zero-order valence-electron chi connectivity index (χ0n) is 12.3. The molecule has 2 heterocycles. The molecule has 0 aliphatic carbocycles. The molecule has 0 spiro atoms. The highest BCUT2D eigenvalue weighted by molar-refractivity contribution is 7.10. The van der Waals surface area contributed by atoms with Crippen LogP contribution in [0.3, 0.4) is 0 Å². The quantitative estimate of drug-likeness (QED) is 0.771. The second-order valence-electron chi connectivity index (χ2n) is 5.13. The molecule has 2 aromatic heterocycles. The number of fused-ring (bicyclic) bond motifs is 1. The van der Waals surface area contributed by atoms with E-state index in [1.807, 2.05) is 6.07 Å². The first-order valence-electron chi connectivity index (χ1n) is 7.28. The number of aryl methyl sites for hydroxylation is 1. The molecule has 1 aromatic carbocycles. The lowest BCUT2D eigenvalue weighted by Crippen LogP contribution is -2.23. The number of thiophene rings is 1. The summed E-state index contributed by atoms with van der Waals surface area (Å²) in [7, 11) is 0. The highest BCUT2D eigenvalue weighted by atomic mass is 32.1. The van der Waals surface area contributed by atoms with E-state index < -0.39 is 0 Å². The van der Waals surface area contributed by atoms with E-state index >= 15 is 0 Å². The van der Waals surface area contributed by atoms with Crippen molar-refractivity contribution in [2.75, 3.05) is 6.54 Å². The first-order chi connectivity index (χ1) is 10.3. The van der Waals surface area contributed by atoms with E-state index in [4.69, 9.17) is 0 Å². The van der Waals surface area contributed by atoms with Gasteiger partial charge in [0, 0.05) is 22.8 Å². The summed E-state index contributed by atoms with van der Waals surface area (Å²) < 4.78 is 0. The van der Waals surface area contributed by atoms with E-state index in [0.29, 0.717) is 0 Å². The van der Waals surface area contributed by atoms with Crippen molar-refractivity contribution in [1.29, 1.82) is 0 Å². The predicted octanol–water partition coefficient (Wildman–Crippen LogP) is 4.09. The number of hydrogen-bond donors (Lipinski definition) is 1. The number of para-hydroxylation sites is 1. The third kappa shape index (κ3) is 2.82. The van der Waals surface area contributed by atoms with E-state index in [9.17, 15) is 0 Å². The molecule has 0 fully saturated rings. The van der Waals surface area contributed by atoms with Crippen molar-refractivity contribution in [1.82, 2.24) is 15.3 Å². The van der Waals surface area contributed by atoms with Gasteiger partial charge in [-0.15, -0.1) is 11.3 Å². The molecule has 1 N–H and O–H groups in total. The highest BCUT2D eigenvalue weighted by Crippen LogP contribution is 2.32. The number of benzene rings is 1. The minimum absolute atomic E-state index is 0.186. The van der Waals surface area contributed by atoms with Gasteiger partial charge in [-0.2, -0.15) is 0 Å². The zero-order chi connectivity index (χ0) is 14.7. The smallest absolute Gasteiger partial charge is 0.0938 e. The summed E-state index contributed by atoms with van der Waals surface area (Å²) in [6, 6.07) is 8.60. The Kier molecular flexibility index (Phi) is 4.27. The maximum absolute atomic E-state index is 4.55. The molecular formula is C17H19N3S. The Labute approximate surface area is 129 Å². The molecule has 3 rings (SSSR count). The minimum atomic E-state index is 0.186. The van der Waals surface area contributed by atoms with Crippen molar-refractivity contribution in [3.63, 3.8) is 0 Å². The minimum Gasteiger partial charge on any atom is -0.306 e. The standard InChI is InChI=1S/C17H19N3S/c1-3-8-19-16(17-12(2)7-11-21-17)13-5-4-6-14-15(13)20-10-9-18-14/h4-7,9-11,16,19H,3,8H2,1-2H3. The molecule has 0 amide bonds. The lowest BCUT2D eigenvalue weighted by molar-refractivity contribution is 0.606. The summed E-state index contributed by atoms with van der Waals surface area (Å²) in [5, 5.41) is 5.82. The van der Waals surface area contributed by atoms with Crippen molar-refractivity contribution in [2.45, 2.75) is 26.3 Å². The Morgan fingerprint density at radius 1 is 1.19 bits per heavy atom. The van der Waals surface area contributed by atoms with Crippen molar-refractivity contribution in [3.8, 4) is 0 Å². The molecule has 0 saturated heterocycles. The molecule has 0 radical (unpaired) electrons. The number of nitrogens with zero attached hydrogens (tertiary/aromatic N) is 2. The van der Waals surface area contributed by atoms with Crippen LogP contribution in [0.25, 0.3) is 11.0 Å². The second kappa shape index (κ2) is 6.33. The Balaban J connectivity index is 2.12. The highest BCUT2D eigenvalue weighted by Gasteiger charge is 2.19. The molecule has 0 aliphatic rings. The summed E-state index contributed by atoms with van der Waals surface area (Å²) >= 11 is 1.80. The third-order valence-electron chi connectivity index (χ3n) is 3.60. The Morgan fingerprint density at radius 3 is 2.81 bits per heavy atom. The topological polar surface area (TPSA) is 37.8 Å². The molecule has 1 atom stereocenters. The van der Waals surface area contributed by atoms with Crippen LogP contribution in [-0.2, 0) is 0 Å². The maximum Gasteiger partial charge on any atom is 0.0938 e. The number of aromatic nitrogens is 2. The maximum atomic E-state index is 4.55. The van der Waals surface area contributed by atoms with E-state index in [-0.39, 0.29) is 6.04 Å². The largest absolute Gasteiger partial charge is 0.306 e. The molecule has 0 aliphatic heterocycles. The first-order valence-corrected chi connectivity index (χ1v) is 8.16. The van der Waals surface area contributed by atoms with Gasteiger partial charge in [-0.3, -0.25) is 9.97 Å². The summed E-state index contributed by atoms with van der Waals surface area (Å²) in [4.78, 5) is 10.3. The number of nitrogens with one attached hydrogen (secondary N) is 1. The summed E-state index contributed by atoms with van der Waals surface area (Å²) in [5.41, 5.74) is 4.48. The number of hydrogen-bond acceptors (Lipinski definition) is 4. The molecule has 4 heteroatoms. The third-order valence-corrected chi connectivity index (χ3v) is 4.69. The molecular weight excluding hydrogens is 278 g/mol. The number of rotatable bonds is 5. The van der Waals surface area contributed by atoms with Crippen molar-refractivity contribution < 1.29 is 0 Å². The second-order valence-corrected chi connectivity index (χ2v) is 6.07. The van der Waals surface area contributed by atoms with Gasteiger partial charge in [-0.25, -0.2) is 0 Å². The fourth-order valence-corrected chi connectivity index (χ4v) is 3.58. The van der Waals surface area contributed by atoms with Gasteiger partial charge >= 0.3 is 0 Å². The Hall–Kier alpha value is -1.78. The fourth-order valence-electron chi connectivity index (χ4n) is 2.56. The molecule has 108 valence electrons. The van der Waals surface area contributed by atoms with Gasteiger partial charge in [0.1, 0.15) is 0 Å². The van der Waals surface area contributed by atoms with Gasteiger partial charge in [0.05, 0.1) is 17.1 Å². The van der Waals surface area contributed by atoms with Gasteiger partial charge in [-0.05, 0) is 43.0 Å². The van der Waals surface area contributed by atoms with Gasteiger partial charge in [-0.1, -0.05) is 19.1 Å². The van der Waals surface area contributed by atoms with Crippen LogP contribution in [0.4, 0.5) is 0 Å². The van der Waals surface area contributed by atoms with Crippen LogP contribution in [-0.4, -0.2) is 16.5 Å². The van der Waals surface area contributed by atoms with Crippen LogP contribution in [0.1, 0.15) is 35.4 Å². The zero-order valence-corrected chi connectivity index (χ0v) is 13.2. The predicted molar refractivity (Wildman–Crippen MR) is 88.7 cm³/mol. The summed E-state index contributed by atoms with van der Waals surface area (Å²) in [6.45, 7) is 5.34. The summed E-state index contributed by atoms with van der Waals surface area (Å²) in [6.07, 6.45) is 4.62. The van der Waals surface area contributed by atoms with Crippen molar-refractivity contribution >= 4 is 22.4 Å². The van der Waals surface area contributed by atoms with Gasteiger partial charge < -0.3 is 5.32 Å². The molecule has 3 nitrogen and oxygen atoms in total. The van der Waals surface area contributed by atoms with Gasteiger partial charge in [0.2, 0.25) is 0 Å².